The molecule has 4 aliphatic carbocycles. The van der Waals surface area contributed by atoms with E-state index in [9.17, 15) is 52.7 Å². The van der Waals surface area contributed by atoms with Crippen LogP contribution in [0.25, 0.3) is 42.5 Å². The number of halogens is 12. The quantitative estimate of drug-likeness (QED) is 0.0998. The zero-order chi connectivity index (χ0) is 52.8. The Bertz CT molecular complexity index is 1540. The molecular formula is C51H73F12N8Rh2Si-9. The largest absolute Gasteiger partial charge is 0.701 e. The minimum Gasteiger partial charge on any atom is -0.701 e. The third-order valence-corrected chi connectivity index (χ3v) is 13.9. The molecule has 2 radical (unpaired) electrons. The van der Waals surface area contributed by atoms with Crippen LogP contribution in [-0.4, -0.2) is 151 Å². The average Bonchev–Trinajstić information content (AvgIpc) is 3.32. The molecule has 8 nitrogen and oxygen atoms in total. The molecule has 74 heavy (non-hydrogen) atoms. The molecule has 0 aromatic rings. The molecule has 432 valence electrons. The summed E-state index contributed by atoms with van der Waals surface area (Å²) in [5.41, 5.74) is 2.96. The van der Waals surface area contributed by atoms with Gasteiger partial charge in [0, 0.05) is 90.3 Å². The van der Waals surface area contributed by atoms with Crippen LogP contribution >= 0.6 is 0 Å². The predicted octanol–water partition coefficient (Wildman–Crippen LogP) is 15.0. The summed E-state index contributed by atoms with van der Waals surface area (Å²) in [6, 6.07) is -4.11. The van der Waals surface area contributed by atoms with Gasteiger partial charge in [0.15, 0.2) is 0 Å². The number of alkyl halides is 12. The number of rotatable bonds is 8. The van der Waals surface area contributed by atoms with E-state index in [1.54, 1.807) is 12.2 Å². The first-order chi connectivity index (χ1) is 34.2. The van der Waals surface area contributed by atoms with Crippen molar-refractivity contribution in [3.8, 4) is 17.4 Å². The van der Waals surface area contributed by atoms with Gasteiger partial charge in [0.05, 0.1) is 49.4 Å². The van der Waals surface area contributed by atoms with Crippen LogP contribution in [0.5, 0.6) is 0 Å². The van der Waals surface area contributed by atoms with Crippen molar-refractivity contribution in [2.75, 3.05) is 26.2 Å². The minimum atomic E-state index is -1.55. The Balaban J connectivity index is 0.000000320. The van der Waals surface area contributed by atoms with Gasteiger partial charge in [0.25, 0.3) is 0 Å². The van der Waals surface area contributed by atoms with Crippen molar-refractivity contribution in [1.29, 1.82) is 0 Å². The molecule has 0 spiro atoms. The van der Waals surface area contributed by atoms with Gasteiger partial charge in [-0.2, -0.15) is 0 Å². The minimum absolute atomic E-state index is 0. The summed E-state index contributed by atoms with van der Waals surface area (Å²) in [4.78, 5) is 0. The fourth-order valence-corrected chi connectivity index (χ4v) is 9.66. The number of hydrogen-bond acceptors (Lipinski definition) is 0. The Morgan fingerprint density at radius 2 is 0.797 bits per heavy atom. The summed E-state index contributed by atoms with van der Waals surface area (Å²) in [7, 11) is -1.22. The molecular weight excluding hydrogens is 1190 g/mol. The van der Waals surface area contributed by atoms with E-state index in [0.717, 1.165) is 77.4 Å². The van der Waals surface area contributed by atoms with Crippen LogP contribution in [0.2, 0.25) is 19.6 Å². The van der Waals surface area contributed by atoms with Gasteiger partial charge < -0.3 is 49.0 Å². The Kier molecular flexibility index (Phi) is 33.4. The number of allylic oxidation sites excluding steroid dienone is 2. The van der Waals surface area contributed by atoms with Gasteiger partial charge in [-0.05, 0) is 0 Å². The molecule has 3 saturated heterocycles. The zero-order valence-corrected chi connectivity index (χ0v) is 46.6. The van der Waals surface area contributed by atoms with Crippen molar-refractivity contribution < 1.29 is 91.6 Å². The van der Waals surface area contributed by atoms with Crippen LogP contribution in [0.4, 0.5) is 52.7 Å². The van der Waals surface area contributed by atoms with E-state index < -0.39 is 106 Å². The number of piperidine rings is 3. The Hall–Kier alpha value is -1.42. The van der Waals surface area contributed by atoms with Crippen molar-refractivity contribution in [1.82, 2.24) is 0 Å². The molecule has 0 N–H and O–H groups in total. The molecule has 11 unspecified atom stereocenters. The molecule has 4 aliphatic heterocycles. The maximum absolute atomic E-state index is 13.5. The molecule has 7 fully saturated rings. The van der Waals surface area contributed by atoms with Crippen LogP contribution < -0.4 is 0 Å². The molecule has 23 heteroatoms. The fraction of sp³-hybridized carbons (Fsp3) is 0.843. The van der Waals surface area contributed by atoms with Crippen LogP contribution in [0.15, 0.2) is 24.0 Å². The molecule has 0 amide bonds. The molecule has 0 aromatic heterocycles. The van der Waals surface area contributed by atoms with Crippen molar-refractivity contribution in [2.24, 2.45) is 0 Å². The van der Waals surface area contributed by atoms with Gasteiger partial charge in [-0.25, -0.2) is 76.7 Å². The van der Waals surface area contributed by atoms with Gasteiger partial charge in [-0.15, -0.1) is 32.3 Å². The van der Waals surface area contributed by atoms with E-state index in [1.807, 2.05) is 12.0 Å². The first kappa shape index (κ1) is 68.7. The third-order valence-electron chi connectivity index (χ3n) is 13.0. The summed E-state index contributed by atoms with van der Waals surface area (Å²) in [6.07, 6.45) is -0.141. The molecule has 8 aliphatic rings. The van der Waals surface area contributed by atoms with Crippen molar-refractivity contribution in [3.05, 3.63) is 73.0 Å². The Morgan fingerprint density at radius 1 is 0.486 bits per heavy atom. The van der Waals surface area contributed by atoms with Crippen LogP contribution in [0.3, 0.4) is 0 Å². The first-order valence-corrected chi connectivity index (χ1v) is 29.2. The maximum Gasteiger partial charge on any atom is 0.106 e. The van der Waals surface area contributed by atoms with Crippen molar-refractivity contribution >= 4 is 8.07 Å². The molecule has 4 heterocycles. The summed E-state index contributed by atoms with van der Waals surface area (Å²) >= 11 is 0. The Morgan fingerprint density at radius 3 is 1.03 bits per heavy atom. The second-order valence-electron chi connectivity index (χ2n) is 20.5. The third kappa shape index (κ3) is 25.6. The standard InChI is InChI=1S/3C11H17F3N2.C11H13F3N2.C7H9Si.2Rh/c4*12-7-5-8(13)11(9(14)6-7)16-10-3-1-2-4-15-10;1-5-6-7-8(2,3)4;;/h3*7-11H,1-6H2;1-3,7-9,11H,4-6H2;2-4H3;;/q4*-2;-1;;. The van der Waals surface area contributed by atoms with E-state index in [2.05, 4.69) is 73.6 Å². The van der Waals surface area contributed by atoms with Crippen LogP contribution in [0, 0.1) is 23.8 Å². The van der Waals surface area contributed by atoms with Crippen molar-refractivity contribution in [3.63, 3.8) is 0 Å². The molecule has 8 rings (SSSR count). The monoisotopic (exact) mass is 1260 g/mol. The molecule has 0 aromatic carbocycles. The molecule has 0 bridgehead atoms. The van der Waals surface area contributed by atoms with Gasteiger partial charge >= 0.3 is 0 Å². The Labute approximate surface area is 459 Å². The smallest absolute Gasteiger partial charge is 0.106 e. The number of hydrogen-bond donors (Lipinski definition) is 0. The summed E-state index contributed by atoms with van der Waals surface area (Å²) < 4.78 is 159. The SMILES string of the molecule is FC1CC(F)C([N-]C2=CC=CC[N-]2)C(F)C1.FC1CC(F)C([N-]C2CCCC[N-]2)C(F)C1.FC1CC(F)C([N-]C2CCCC[N-]2)C(F)C1.FC1CC(F)C([N-]C2CCCC[N-]2)C(F)C1.[C-]#CC#C[Si](C)(C)C.[Rh].[Rh]. The van der Waals surface area contributed by atoms with E-state index in [0.29, 0.717) is 12.4 Å². The van der Waals surface area contributed by atoms with Crippen LogP contribution in [0.1, 0.15) is 109 Å². The molecule has 11 atom stereocenters. The average molecular weight is 1260 g/mol. The summed E-state index contributed by atoms with van der Waals surface area (Å²) in [5, 5.41) is 32.9. The van der Waals surface area contributed by atoms with Crippen LogP contribution in [-0.2, 0) is 39.0 Å². The fourth-order valence-electron chi connectivity index (χ4n) is 9.22. The summed E-state index contributed by atoms with van der Waals surface area (Å²) in [5.74, 6) is 4.91. The van der Waals surface area contributed by atoms with Gasteiger partial charge in [0.1, 0.15) is 32.8 Å². The van der Waals surface area contributed by atoms with Gasteiger partial charge in [-0.3, -0.25) is 17.7 Å². The maximum atomic E-state index is 13.5. The van der Waals surface area contributed by atoms with E-state index in [-0.39, 0.29) is 109 Å². The topological polar surface area (TPSA) is 113 Å². The van der Waals surface area contributed by atoms with E-state index in [1.165, 1.54) is 0 Å². The summed E-state index contributed by atoms with van der Waals surface area (Å²) in [6.45, 7) is 9.05. The second-order valence-corrected chi connectivity index (χ2v) is 25.3. The molecule has 4 saturated carbocycles. The second kappa shape index (κ2) is 36.0. The zero-order valence-electron chi connectivity index (χ0n) is 42.3. The first-order valence-electron chi connectivity index (χ1n) is 25.7. The van der Waals surface area contributed by atoms with E-state index >= 15 is 0 Å². The predicted molar refractivity (Wildman–Crippen MR) is 266 cm³/mol. The normalized spacial score (nSPS) is 38.9. The van der Waals surface area contributed by atoms with E-state index in [4.69, 9.17) is 6.42 Å². The van der Waals surface area contributed by atoms with Gasteiger partial charge in [-0.1, -0.05) is 114 Å². The van der Waals surface area contributed by atoms with Crippen molar-refractivity contribution in [2.45, 2.75) is 246 Å². The number of nitrogens with zero attached hydrogens (tertiary/aromatic N) is 8. The van der Waals surface area contributed by atoms with Gasteiger partial charge in [0.2, 0.25) is 0 Å².